The minimum Gasteiger partial charge on any atom is -0.460 e. The van der Waals surface area contributed by atoms with E-state index >= 15 is 0 Å². The van der Waals surface area contributed by atoms with Crippen LogP contribution in [0, 0.1) is 5.92 Å². The van der Waals surface area contributed by atoms with E-state index in [0.29, 0.717) is 37.1 Å². The van der Waals surface area contributed by atoms with Gasteiger partial charge in [-0.3, -0.25) is 4.79 Å². The van der Waals surface area contributed by atoms with Crippen molar-refractivity contribution >= 4 is 31.9 Å². The van der Waals surface area contributed by atoms with Gasteiger partial charge in [-0.1, -0.05) is 15.9 Å². The second-order valence-electron chi connectivity index (χ2n) is 7.84. The average Bonchev–Trinajstić information content (AvgIpc) is 2.76. The van der Waals surface area contributed by atoms with Gasteiger partial charge in [-0.05, 0) is 70.2 Å². The van der Waals surface area contributed by atoms with E-state index in [-0.39, 0.29) is 17.9 Å². The number of rotatable bonds is 2. The smallest absolute Gasteiger partial charge is 0.309 e. The maximum Gasteiger partial charge on any atom is 0.309 e. The summed E-state index contributed by atoms with van der Waals surface area (Å²) in [5.74, 6) is -0.292. The molecule has 138 valence electrons. The fraction of sp³-hybridized carbons (Fsp3) is 0.611. The van der Waals surface area contributed by atoms with Crippen LogP contribution in [0.5, 0.6) is 0 Å². The first kappa shape index (κ1) is 18.9. The van der Waals surface area contributed by atoms with Gasteiger partial charge < -0.3 is 4.74 Å². The van der Waals surface area contributed by atoms with E-state index in [0.717, 1.165) is 10.0 Å². The molecule has 1 saturated carbocycles. The SMILES string of the molecule is CC(C)(C)OC(=O)C1CCC(N2Cc3cc(Br)ccc3S2(=O)=O)CC1. The normalized spacial score (nSPS) is 26.2. The van der Waals surface area contributed by atoms with Crippen molar-refractivity contribution < 1.29 is 17.9 Å². The lowest BCUT2D eigenvalue weighted by Crippen LogP contribution is -2.40. The number of hydrogen-bond acceptors (Lipinski definition) is 4. The Morgan fingerprint density at radius 3 is 2.44 bits per heavy atom. The van der Waals surface area contributed by atoms with Crippen molar-refractivity contribution in [2.45, 2.75) is 69.5 Å². The number of ether oxygens (including phenoxy) is 1. The zero-order chi connectivity index (χ0) is 18.4. The van der Waals surface area contributed by atoms with Gasteiger partial charge in [0.25, 0.3) is 0 Å². The second-order valence-corrected chi connectivity index (χ2v) is 10.6. The predicted octanol–water partition coefficient (Wildman–Crippen LogP) is 3.85. The number of sulfonamides is 1. The summed E-state index contributed by atoms with van der Waals surface area (Å²) in [7, 11) is -3.43. The van der Waals surface area contributed by atoms with Crippen molar-refractivity contribution in [3.63, 3.8) is 0 Å². The molecule has 0 amide bonds. The number of nitrogens with zero attached hydrogens (tertiary/aromatic N) is 1. The minimum absolute atomic E-state index is 0.0464. The molecule has 1 aromatic carbocycles. The van der Waals surface area contributed by atoms with Crippen LogP contribution >= 0.6 is 15.9 Å². The molecule has 0 N–H and O–H groups in total. The van der Waals surface area contributed by atoms with Crippen molar-refractivity contribution in [3.05, 3.63) is 28.2 Å². The lowest BCUT2D eigenvalue weighted by atomic mass is 9.86. The molecule has 5 nitrogen and oxygen atoms in total. The van der Waals surface area contributed by atoms with Crippen molar-refractivity contribution in [2.75, 3.05) is 0 Å². The van der Waals surface area contributed by atoms with Crippen molar-refractivity contribution in [1.82, 2.24) is 4.31 Å². The van der Waals surface area contributed by atoms with E-state index in [1.165, 1.54) is 0 Å². The second kappa shape index (κ2) is 6.67. The number of fused-ring (bicyclic) bond motifs is 1. The molecule has 0 unspecified atom stereocenters. The molecule has 0 saturated heterocycles. The van der Waals surface area contributed by atoms with E-state index < -0.39 is 15.6 Å². The summed E-state index contributed by atoms with van der Waals surface area (Å²) in [4.78, 5) is 12.6. The average molecular weight is 430 g/mol. The van der Waals surface area contributed by atoms with Gasteiger partial charge in [0.15, 0.2) is 0 Å². The summed E-state index contributed by atoms with van der Waals surface area (Å²) in [6, 6.07) is 5.26. The molecule has 1 aromatic rings. The van der Waals surface area contributed by atoms with Crippen molar-refractivity contribution in [1.29, 1.82) is 0 Å². The van der Waals surface area contributed by atoms with Crippen LogP contribution in [0.4, 0.5) is 0 Å². The molecule has 0 bridgehead atoms. The zero-order valence-corrected chi connectivity index (χ0v) is 17.2. The number of benzene rings is 1. The summed E-state index contributed by atoms with van der Waals surface area (Å²) >= 11 is 3.40. The molecule has 1 heterocycles. The van der Waals surface area contributed by atoms with Crippen LogP contribution in [0.15, 0.2) is 27.6 Å². The Morgan fingerprint density at radius 1 is 1.20 bits per heavy atom. The minimum atomic E-state index is -3.43. The first-order valence-corrected chi connectivity index (χ1v) is 10.8. The van der Waals surface area contributed by atoms with Crippen LogP contribution in [0.1, 0.15) is 52.0 Å². The number of carbonyl (C=O) groups excluding carboxylic acids is 1. The Bertz CT molecular complexity index is 777. The topological polar surface area (TPSA) is 63.7 Å². The van der Waals surface area contributed by atoms with E-state index in [4.69, 9.17) is 4.74 Å². The molecule has 1 aliphatic heterocycles. The highest BCUT2D eigenvalue weighted by Crippen LogP contribution is 2.38. The van der Waals surface area contributed by atoms with Crippen LogP contribution in [-0.4, -0.2) is 30.3 Å². The lowest BCUT2D eigenvalue weighted by molar-refractivity contribution is -0.161. The molecule has 0 atom stereocenters. The van der Waals surface area contributed by atoms with Gasteiger partial charge in [-0.15, -0.1) is 0 Å². The van der Waals surface area contributed by atoms with E-state index in [1.54, 1.807) is 16.4 Å². The van der Waals surface area contributed by atoms with Crippen molar-refractivity contribution in [2.24, 2.45) is 5.92 Å². The quantitative estimate of drug-likeness (QED) is 0.669. The Morgan fingerprint density at radius 2 is 1.84 bits per heavy atom. The van der Waals surface area contributed by atoms with Crippen LogP contribution in [0.2, 0.25) is 0 Å². The lowest BCUT2D eigenvalue weighted by Gasteiger charge is -2.33. The summed E-state index contributed by atoms with van der Waals surface area (Å²) in [6.07, 6.45) is 2.73. The van der Waals surface area contributed by atoms with Gasteiger partial charge in [-0.2, -0.15) is 4.31 Å². The fourth-order valence-corrected chi connectivity index (χ4v) is 5.88. The molecule has 0 radical (unpaired) electrons. The Balaban J connectivity index is 1.67. The third kappa shape index (κ3) is 3.93. The van der Waals surface area contributed by atoms with E-state index in [1.807, 2.05) is 26.8 Å². The van der Waals surface area contributed by atoms with Crippen LogP contribution < -0.4 is 0 Å². The number of hydrogen-bond donors (Lipinski definition) is 0. The van der Waals surface area contributed by atoms with Crippen LogP contribution in [-0.2, 0) is 26.1 Å². The Hall–Kier alpha value is -0.920. The molecule has 1 aliphatic carbocycles. The maximum atomic E-state index is 12.8. The third-order valence-electron chi connectivity index (χ3n) is 4.78. The van der Waals surface area contributed by atoms with Gasteiger partial charge in [0.1, 0.15) is 5.60 Å². The van der Waals surface area contributed by atoms with E-state index in [9.17, 15) is 13.2 Å². The molecule has 2 aliphatic rings. The van der Waals surface area contributed by atoms with E-state index in [2.05, 4.69) is 15.9 Å². The molecular weight excluding hydrogens is 406 g/mol. The molecule has 1 fully saturated rings. The third-order valence-corrected chi connectivity index (χ3v) is 7.27. The molecule has 0 spiro atoms. The Labute approximate surface area is 157 Å². The van der Waals surface area contributed by atoms with Gasteiger partial charge in [0.05, 0.1) is 10.8 Å². The monoisotopic (exact) mass is 429 g/mol. The molecule has 7 heteroatoms. The molecular formula is C18H24BrNO4S. The summed E-state index contributed by atoms with van der Waals surface area (Å²) in [5.41, 5.74) is 0.352. The van der Waals surface area contributed by atoms with Crippen LogP contribution in [0.3, 0.4) is 0 Å². The number of carbonyl (C=O) groups is 1. The molecule has 0 aromatic heterocycles. The first-order chi connectivity index (χ1) is 11.6. The maximum absolute atomic E-state index is 12.8. The standard InChI is InChI=1S/C18H24BrNO4S/c1-18(2,3)24-17(21)12-4-7-15(8-5-12)20-11-13-10-14(19)6-9-16(13)25(20,22)23/h6,9-10,12,15H,4-5,7-8,11H2,1-3H3. The summed E-state index contributed by atoms with van der Waals surface area (Å²) < 4.78 is 33.6. The van der Waals surface area contributed by atoms with Gasteiger partial charge in [-0.25, -0.2) is 8.42 Å². The Kier molecular flexibility index (Phi) is 5.03. The van der Waals surface area contributed by atoms with Gasteiger partial charge >= 0.3 is 5.97 Å². The van der Waals surface area contributed by atoms with Gasteiger partial charge in [0, 0.05) is 17.1 Å². The highest BCUT2D eigenvalue weighted by atomic mass is 79.9. The highest BCUT2D eigenvalue weighted by Gasteiger charge is 2.41. The van der Waals surface area contributed by atoms with Crippen molar-refractivity contribution in [3.8, 4) is 0 Å². The van der Waals surface area contributed by atoms with Gasteiger partial charge in [0.2, 0.25) is 10.0 Å². The number of esters is 1. The molecule has 3 rings (SSSR count). The van der Waals surface area contributed by atoms with Crippen LogP contribution in [0.25, 0.3) is 0 Å². The largest absolute Gasteiger partial charge is 0.460 e. The number of halogens is 1. The summed E-state index contributed by atoms with van der Waals surface area (Å²) in [5, 5.41) is 0. The fourth-order valence-electron chi connectivity index (χ4n) is 3.61. The highest BCUT2D eigenvalue weighted by molar-refractivity contribution is 9.10. The zero-order valence-electron chi connectivity index (χ0n) is 14.8. The molecule has 25 heavy (non-hydrogen) atoms. The summed E-state index contributed by atoms with van der Waals surface area (Å²) in [6.45, 7) is 6.01. The predicted molar refractivity (Wildman–Crippen MR) is 98.5 cm³/mol. The first-order valence-electron chi connectivity index (χ1n) is 8.61.